The average Bonchev–Trinajstić information content (AvgIpc) is 2.60. The molecule has 0 aromatic carbocycles. The zero-order valence-corrected chi connectivity index (χ0v) is 18.0. The van der Waals surface area contributed by atoms with Crippen LogP contribution in [0.3, 0.4) is 0 Å². The monoisotopic (exact) mass is 352 g/mol. The Hall–Kier alpha value is -0.340. The molecule has 25 heavy (non-hydrogen) atoms. The number of nitrogens with one attached hydrogen (secondary N) is 1. The van der Waals surface area contributed by atoms with Crippen molar-refractivity contribution in [1.29, 1.82) is 0 Å². The Labute approximate surface area is 159 Å². The molecule has 0 amide bonds. The summed E-state index contributed by atoms with van der Waals surface area (Å²) >= 11 is 0. The predicted molar refractivity (Wildman–Crippen MR) is 115 cm³/mol. The van der Waals surface area contributed by atoms with E-state index >= 15 is 0 Å². The van der Waals surface area contributed by atoms with Crippen molar-refractivity contribution in [2.75, 3.05) is 20.6 Å². The summed E-state index contributed by atoms with van der Waals surface area (Å²) in [6.45, 7) is 5.70. The van der Waals surface area contributed by atoms with Crippen LogP contribution in [-0.4, -0.2) is 31.7 Å². The summed E-state index contributed by atoms with van der Waals surface area (Å²) in [4.78, 5) is 2.28. The van der Waals surface area contributed by atoms with Crippen LogP contribution in [0.2, 0.25) is 0 Å². The molecule has 150 valence electrons. The van der Waals surface area contributed by atoms with Gasteiger partial charge in [0, 0.05) is 0 Å². The van der Waals surface area contributed by atoms with Gasteiger partial charge >= 0.3 is 0 Å². The molecule has 0 fully saturated rings. The van der Waals surface area contributed by atoms with E-state index in [0.29, 0.717) is 6.17 Å². The van der Waals surface area contributed by atoms with Gasteiger partial charge in [-0.25, -0.2) is 0 Å². The van der Waals surface area contributed by atoms with Crippen LogP contribution < -0.4 is 5.32 Å². The number of allylic oxidation sites excluding steroid dienone is 2. The molecule has 0 spiro atoms. The lowest BCUT2D eigenvalue weighted by atomic mass is 10.1. The molecule has 0 aliphatic carbocycles. The maximum atomic E-state index is 3.64. The minimum absolute atomic E-state index is 0.545. The van der Waals surface area contributed by atoms with Crippen LogP contribution in [0.25, 0.3) is 0 Å². The quantitative estimate of drug-likeness (QED) is 0.154. The van der Waals surface area contributed by atoms with Crippen LogP contribution in [0.1, 0.15) is 110 Å². The minimum atomic E-state index is 0.545. The lowest BCUT2D eigenvalue weighted by molar-refractivity contribution is 0.238. The highest BCUT2D eigenvalue weighted by Gasteiger charge is 2.05. The molecule has 2 nitrogen and oxygen atoms in total. The number of hydrogen-bond donors (Lipinski definition) is 1. The minimum Gasteiger partial charge on any atom is -0.302 e. The Morgan fingerprint density at radius 3 is 1.64 bits per heavy atom. The Kier molecular flexibility index (Phi) is 19.7. The zero-order valence-electron chi connectivity index (χ0n) is 18.0. The first-order valence-electron chi connectivity index (χ1n) is 11.3. The molecule has 1 atom stereocenters. The molecule has 0 aliphatic rings. The third-order valence-corrected chi connectivity index (χ3v) is 5.08. The zero-order chi connectivity index (χ0) is 18.6. The second kappa shape index (κ2) is 20.0. The van der Waals surface area contributed by atoms with Crippen molar-refractivity contribution in [1.82, 2.24) is 10.2 Å². The molecule has 0 aliphatic heterocycles. The summed E-state index contributed by atoms with van der Waals surface area (Å²) in [6.07, 6.45) is 25.9. The van der Waals surface area contributed by atoms with E-state index in [1.165, 1.54) is 96.3 Å². The third-order valence-electron chi connectivity index (χ3n) is 5.08. The number of hydrogen-bond acceptors (Lipinski definition) is 2. The molecule has 2 heteroatoms. The van der Waals surface area contributed by atoms with Gasteiger partial charge in [-0.15, -0.1) is 0 Å². The van der Waals surface area contributed by atoms with E-state index in [9.17, 15) is 0 Å². The van der Waals surface area contributed by atoms with Gasteiger partial charge in [-0.3, -0.25) is 4.90 Å². The number of rotatable bonds is 19. The van der Waals surface area contributed by atoms with Crippen molar-refractivity contribution in [2.45, 2.75) is 116 Å². The standard InChI is InChI=1S/C23H48N2/c1-5-7-8-9-10-11-12-13-14-15-16-17-18-19-20-21-22-24-23(6-2)25(3)4/h13-14,23-24H,5-12,15-22H2,1-4H3/b14-13-. The number of unbranched alkanes of at least 4 members (excludes halogenated alkanes) is 12. The van der Waals surface area contributed by atoms with Gasteiger partial charge in [0.25, 0.3) is 0 Å². The first kappa shape index (κ1) is 24.7. The smallest absolute Gasteiger partial charge is 0.0589 e. The van der Waals surface area contributed by atoms with Gasteiger partial charge in [-0.05, 0) is 59.2 Å². The highest BCUT2D eigenvalue weighted by Crippen LogP contribution is 2.09. The fraction of sp³-hybridized carbons (Fsp3) is 0.913. The van der Waals surface area contributed by atoms with Crippen molar-refractivity contribution < 1.29 is 0 Å². The summed E-state index contributed by atoms with van der Waals surface area (Å²) in [5.41, 5.74) is 0. The predicted octanol–water partition coefficient (Wildman–Crippen LogP) is 6.91. The van der Waals surface area contributed by atoms with E-state index in [0.717, 1.165) is 6.54 Å². The highest BCUT2D eigenvalue weighted by atomic mass is 15.2. The van der Waals surface area contributed by atoms with Crippen LogP contribution >= 0.6 is 0 Å². The topological polar surface area (TPSA) is 15.3 Å². The van der Waals surface area contributed by atoms with Crippen LogP contribution in [-0.2, 0) is 0 Å². The molecule has 1 unspecified atom stereocenters. The normalized spacial score (nSPS) is 13.2. The first-order chi connectivity index (χ1) is 12.2. The van der Waals surface area contributed by atoms with Gasteiger partial charge in [0.15, 0.2) is 0 Å². The van der Waals surface area contributed by atoms with E-state index in [1.54, 1.807) is 0 Å². The second-order valence-corrected chi connectivity index (χ2v) is 7.78. The average molecular weight is 353 g/mol. The van der Waals surface area contributed by atoms with Crippen LogP contribution in [0.15, 0.2) is 12.2 Å². The Balaban J connectivity index is 3.19. The Morgan fingerprint density at radius 2 is 1.16 bits per heavy atom. The van der Waals surface area contributed by atoms with Crippen molar-refractivity contribution in [3.8, 4) is 0 Å². The van der Waals surface area contributed by atoms with Crippen molar-refractivity contribution >= 4 is 0 Å². The van der Waals surface area contributed by atoms with Crippen molar-refractivity contribution in [3.63, 3.8) is 0 Å². The van der Waals surface area contributed by atoms with Crippen LogP contribution in [0.4, 0.5) is 0 Å². The van der Waals surface area contributed by atoms with Gasteiger partial charge in [-0.2, -0.15) is 0 Å². The fourth-order valence-corrected chi connectivity index (χ4v) is 3.33. The largest absolute Gasteiger partial charge is 0.302 e. The van der Waals surface area contributed by atoms with E-state index < -0.39 is 0 Å². The second-order valence-electron chi connectivity index (χ2n) is 7.78. The third kappa shape index (κ3) is 18.3. The van der Waals surface area contributed by atoms with E-state index in [4.69, 9.17) is 0 Å². The molecule has 0 saturated carbocycles. The van der Waals surface area contributed by atoms with Gasteiger partial charge in [0.05, 0.1) is 6.17 Å². The molecular weight excluding hydrogens is 304 g/mol. The summed E-state index contributed by atoms with van der Waals surface area (Å²) in [6, 6.07) is 0. The summed E-state index contributed by atoms with van der Waals surface area (Å²) < 4.78 is 0. The molecule has 0 radical (unpaired) electrons. The number of nitrogens with zero attached hydrogens (tertiary/aromatic N) is 1. The van der Waals surface area contributed by atoms with E-state index in [1.807, 2.05) is 0 Å². The molecule has 0 heterocycles. The summed E-state index contributed by atoms with van der Waals surface area (Å²) in [5, 5.41) is 3.64. The SMILES string of the molecule is CCCCCCCC/C=C\CCCCCCCCNC(CC)N(C)C. The summed E-state index contributed by atoms with van der Waals surface area (Å²) in [5.74, 6) is 0. The fourth-order valence-electron chi connectivity index (χ4n) is 3.33. The first-order valence-corrected chi connectivity index (χ1v) is 11.3. The van der Waals surface area contributed by atoms with Crippen molar-refractivity contribution in [2.24, 2.45) is 0 Å². The molecule has 0 rings (SSSR count). The molecular formula is C23H48N2. The summed E-state index contributed by atoms with van der Waals surface area (Å²) in [7, 11) is 4.31. The highest BCUT2D eigenvalue weighted by molar-refractivity contribution is 4.81. The Morgan fingerprint density at radius 1 is 0.680 bits per heavy atom. The lowest BCUT2D eigenvalue weighted by Gasteiger charge is -2.24. The molecule has 0 aromatic rings. The maximum Gasteiger partial charge on any atom is 0.0589 e. The molecule has 1 N–H and O–H groups in total. The maximum absolute atomic E-state index is 3.64. The Bertz CT molecular complexity index is 273. The van der Waals surface area contributed by atoms with Gasteiger partial charge in [0.2, 0.25) is 0 Å². The molecule has 0 bridgehead atoms. The van der Waals surface area contributed by atoms with Gasteiger partial charge in [0.1, 0.15) is 0 Å². The van der Waals surface area contributed by atoms with E-state index in [-0.39, 0.29) is 0 Å². The van der Waals surface area contributed by atoms with Crippen LogP contribution in [0.5, 0.6) is 0 Å². The van der Waals surface area contributed by atoms with E-state index in [2.05, 4.69) is 50.3 Å². The molecule has 0 saturated heterocycles. The van der Waals surface area contributed by atoms with Crippen LogP contribution in [0, 0.1) is 0 Å². The lowest BCUT2D eigenvalue weighted by Crippen LogP contribution is -2.41. The van der Waals surface area contributed by atoms with Crippen molar-refractivity contribution in [3.05, 3.63) is 12.2 Å². The molecule has 0 aromatic heterocycles. The van der Waals surface area contributed by atoms with Gasteiger partial charge in [-0.1, -0.05) is 83.8 Å². The van der Waals surface area contributed by atoms with Gasteiger partial charge < -0.3 is 5.32 Å².